The van der Waals surface area contributed by atoms with Crippen LogP contribution in [0, 0.1) is 39.9 Å². The Bertz CT molecular complexity index is 1130. The van der Waals surface area contributed by atoms with Crippen LogP contribution in [0.2, 0.25) is 0 Å². The molecule has 0 bridgehead atoms. The summed E-state index contributed by atoms with van der Waals surface area (Å²) in [5, 5.41) is 33.6. The van der Waals surface area contributed by atoms with E-state index in [-0.39, 0.29) is 29.6 Å². The highest BCUT2D eigenvalue weighted by molar-refractivity contribution is 5.49. The fourth-order valence-corrected chi connectivity index (χ4v) is 7.12. The Balaban J connectivity index is 1.42. The minimum atomic E-state index is -0.804. The summed E-state index contributed by atoms with van der Waals surface area (Å²) >= 11 is 0. The first-order valence-electron chi connectivity index (χ1n) is 13.6. The molecule has 1 saturated heterocycles. The summed E-state index contributed by atoms with van der Waals surface area (Å²) in [5.41, 5.74) is 1.93. The summed E-state index contributed by atoms with van der Waals surface area (Å²) in [6.45, 7) is 15.1. The fourth-order valence-electron chi connectivity index (χ4n) is 7.12. The average Bonchev–Trinajstić information content (AvgIpc) is 2.89. The molecular weight excluding hydrogens is 478 g/mol. The van der Waals surface area contributed by atoms with Crippen molar-refractivity contribution in [2.24, 2.45) is 28.6 Å². The van der Waals surface area contributed by atoms with Crippen LogP contribution in [0.4, 0.5) is 5.69 Å². The number of aliphatic hydroxyl groups is 2. The molecule has 1 heterocycles. The Kier molecular flexibility index (Phi) is 7.99. The molecule has 38 heavy (non-hydrogen) atoms. The van der Waals surface area contributed by atoms with E-state index in [1.165, 1.54) is 0 Å². The number of nitrogens with one attached hydrogen (secondary N) is 1. The van der Waals surface area contributed by atoms with Gasteiger partial charge >= 0.3 is 0 Å². The summed E-state index contributed by atoms with van der Waals surface area (Å²) in [4.78, 5) is 2.38. The lowest BCUT2D eigenvalue weighted by Crippen LogP contribution is -2.74. The van der Waals surface area contributed by atoms with E-state index in [1.54, 1.807) is 25.3 Å². The molecule has 0 aromatic heterocycles. The smallest absolute Gasteiger partial charge is 0.140 e. The topological polar surface area (TPSA) is 98.0 Å². The summed E-state index contributed by atoms with van der Waals surface area (Å²) in [7, 11) is 1.55. The van der Waals surface area contributed by atoms with Crippen molar-refractivity contribution in [2.45, 2.75) is 59.9 Å². The molecule has 7 heteroatoms. The highest BCUT2D eigenvalue weighted by atomic mass is 16.5. The Morgan fingerprint density at radius 3 is 2.18 bits per heavy atom. The number of benzene rings is 2. The van der Waals surface area contributed by atoms with Crippen LogP contribution in [0.1, 0.15) is 58.9 Å². The maximum absolute atomic E-state index is 11.1. The van der Waals surface area contributed by atoms with Crippen LogP contribution in [-0.2, 0) is 0 Å². The lowest BCUT2D eigenvalue weighted by molar-refractivity contribution is -0.179. The number of nitrogens with zero attached hydrogens (tertiary/aromatic N) is 2. The first-order chi connectivity index (χ1) is 17.9. The van der Waals surface area contributed by atoms with Crippen LogP contribution in [0.5, 0.6) is 11.5 Å². The van der Waals surface area contributed by atoms with Gasteiger partial charge in [0.15, 0.2) is 0 Å². The third-order valence-electron chi connectivity index (χ3n) is 8.97. The molecule has 2 aromatic carbocycles. The maximum atomic E-state index is 11.1. The van der Waals surface area contributed by atoms with Gasteiger partial charge in [0.2, 0.25) is 0 Å². The van der Waals surface area contributed by atoms with Gasteiger partial charge in [-0.25, -0.2) is 0 Å². The second-order valence-corrected chi connectivity index (χ2v) is 12.4. The molecule has 1 saturated carbocycles. The van der Waals surface area contributed by atoms with Crippen molar-refractivity contribution in [3.05, 3.63) is 53.6 Å². The lowest BCUT2D eigenvalue weighted by atomic mass is 9.49. The number of nitriles is 1. The van der Waals surface area contributed by atoms with Crippen LogP contribution in [0.15, 0.2) is 42.5 Å². The van der Waals surface area contributed by atoms with Gasteiger partial charge in [-0.3, -0.25) is 5.32 Å². The molecule has 4 atom stereocenters. The standard InChI is InChI=1S/C31H43N3O4/c1-19-16-34(17-20(2)25(19)18-35)23-11-8-21(9-12-23)27(36)33-28-30(3,4)29(31(28,5)6)38-24-13-10-22(15-32)26(14-24)37-7/h8-14,19-20,25,27-29,33,35-36H,16-18H2,1-7H3/t19-,20+,25?,27?,28?,29?. The van der Waals surface area contributed by atoms with E-state index in [1.807, 2.05) is 12.1 Å². The molecule has 2 aromatic rings. The second-order valence-electron chi connectivity index (χ2n) is 12.4. The van der Waals surface area contributed by atoms with Crippen LogP contribution >= 0.6 is 0 Å². The Morgan fingerprint density at radius 2 is 1.66 bits per heavy atom. The highest BCUT2D eigenvalue weighted by Gasteiger charge is 2.63. The lowest BCUT2D eigenvalue weighted by Gasteiger charge is -2.63. The van der Waals surface area contributed by atoms with Gasteiger partial charge < -0.3 is 24.6 Å². The molecule has 1 aliphatic carbocycles. The van der Waals surface area contributed by atoms with Gasteiger partial charge in [-0.15, -0.1) is 0 Å². The molecule has 3 N–H and O–H groups in total. The van der Waals surface area contributed by atoms with Gasteiger partial charge in [0.25, 0.3) is 0 Å². The number of aliphatic hydroxyl groups excluding tert-OH is 2. The summed E-state index contributed by atoms with van der Waals surface area (Å²) in [6, 6.07) is 15.6. The minimum Gasteiger partial charge on any atom is -0.495 e. The molecule has 206 valence electrons. The zero-order valence-corrected chi connectivity index (χ0v) is 23.7. The van der Waals surface area contributed by atoms with Crippen molar-refractivity contribution < 1.29 is 19.7 Å². The molecule has 2 unspecified atom stereocenters. The maximum Gasteiger partial charge on any atom is 0.140 e. The van der Waals surface area contributed by atoms with E-state index >= 15 is 0 Å². The highest BCUT2D eigenvalue weighted by Crippen LogP contribution is 2.56. The fraction of sp³-hybridized carbons (Fsp3) is 0.581. The number of rotatable bonds is 8. The van der Waals surface area contributed by atoms with Crippen molar-refractivity contribution in [1.29, 1.82) is 5.26 Å². The van der Waals surface area contributed by atoms with Crippen molar-refractivity contribution in [3.8, 4) is 17.6 Å². The first-order valence-corrected chi connectivity index (χ1v) is 13.6. The molecule has 0 radical (unpaired) electrons. The first kappa shape index (κ1) is 28.2. The number of methoxy groups -OCH3 is 1. The molecular formula is C31H43N3O4. The molecule has 2 aliphatic rings. The summed E-state index contributed by atoms with van der Waals surface area (Å²) in [5.74, 6) is 2.36. The third kappa shape index (κ3) is 5.10. The normalized spacial score (nSPS) is 28.6. The molecule has 7 nitrogen and oxygen atoms in total. The van der Waals surface area contributed by atoms with E-state index in [0.717, 1.165) is 24.3 Å². The van der Waals surface area contributed by atoms with Gasteiger partial charge in [-0.1, -0.05) is 53.7 Å². The molecule has 2 fully saturated rings. The Hall–Kier alpha value is -2.79. The largest absolute Gasteiger partial charge is 0.495 e. The van der Waals surface area contributed by atoms with E-state index < -0.39 is 6.23 Å². The van der Waals surface area contributed by atoms with Crippen molar-refractivity contribution in [3.63, 3.8) is 0 Å². The number of hydrogen-bond acceptors (Lipinski definition) is 7. The van der Waals surface area contributed by atoms with Crippen LogP contribution in [0.25, 0.3) is 0 Å². The number of ether oxygens (including phenoxy) is 2. The van der Waals surface area contributed by atoms with E-state index in [2.05, 4.69) is 70.0 Å². The summed E-state index contributed by atoms with van der Waals surface area (Å²) in [6.07, 6.45) is -0.910. The van der Waals surface area contributed by atoms with Crippen molar-refractivity contribution in [2.75, 3.05) is 31.7 Å². The molecule has 1 aliphatic heterocycles. The predicted molar refractivity (Wildman–Crippen MR) is 149 cm³/mol. The van der Waals surface area contributed by atoms with Crippen molar-refractivity contribution in [1.82, 2.24) is 5.32 Å². The molecule has 0 amide bonds. The van der Waals surface area contributed by atoms with E-state index in [0.29, 0.717) is 34.8 Å². The van der Waals surface area contributed by atoms with E-state index in [9.17, 15) is 15.5 Å². The van der Waals surface area contributed by atoms with Gasteiger partial charge in [-0.2, -0.15) is 5.26 Å². The van der Waals surface area contributed by atoms with Gasteiger partial charge in [0.05, 0.1) is 12.7 Å². The average molecular weight is 522 g/mol. The number of hydrogen-bond donors (Lipinski definition) is 3. The Labute approximate surface area is 227 Å². The Morgan fingerprint density at radius 1 is 1.05 bits per heavy atom. The number of piperidine rings is 1. The third-order valence-corrected chi connectivity index (χ3v) is 8.97. The second kappa shape index (κ2) is 10.8. The zero-order valence-electron chi connectivity index (χ0n) is 23.7. The predicted octanol–water partition coefficient (Wildman–Crippen LogP) is 4.73. The number of anilines is 1. The van der Waals surface area contributed by atoms with Crippen LogP contribution < -0.4 is 19.7 Å². The van der Waals surface area contributed by atoms with Gasteiger partial charge in [0, 0.05) is 48.3 Å². The summed E-state index contributed by atoms with van der Waals surface area (Å²) < 4.78 is 11.8. The minimum absolute atomic E-state index is 0.00848. The van der Waals surface area contributed by atoms with Gasteiger partial charge in [0.1, 0.15) is 29.9 Å². The monoisotopic (exact) mass is 521 g/mol. The quantitative estimate of drug-likeness (QED) is 0.432. The van der Waals surface area contributed by atoms with Crippen LogP contribution in [-0.4, -0.2) is 49.2 Å². The SMILES string of the molecule is COc1cc(OC2C(C)(C)C(NC(O)c3ccc(N4C[C@@H](C)C(CO)[C@@H](C)C4)cc3)C2(C)C)ccc1C#N. The van der Waals surface area contributed by atoms with Crippen molar-refractivity contribution >= 4 is 5.69 Å². The van der Waals surface area contributed by atoms with Crippen LogP contribution in [0.3, 0.4) is 0 Å². The zero-order chi connectivity index (χ0) is 27.8. The molecule has 4 rings (SSSR count). The molecule has 0 spiro atoms. The van der Waals surface area contributed by atoms with E-state index in [4.69, 9.17) is 9.47 Å². The van der Waals surface area contributed by atoms with Gasteiger partial charge in [-0.05, 0) is 47.6 Å².